The summed E-state index contributed by atoms with van der Waals surface area (Å²) in [5, 5.41) is 8.81. The van der Waals surface area contributed by atoms with Gasteiger partial charge in [0.1, 0.15) is 11.5 Å². The van der Waals surface area contributed by atoms with Crippen LogP contribution in [-0.4, -0.2) is 20.5 Å². The lowest BCUT2D eigenvalue weighted by molar-refractivity contribution is 0.0692. The van der Waals surface area contributed by atoms with Crippen LogP contribution in [0.2, 0.25) is 0 Å². The van der Waals surface area contributed by atoms with Crippen LogP contribution in [0.15, 0.2) is 48.8 Å². The van der Waals surface area contributed by atoms with Gasteiger partial charge in [0.2, 0.25) is 0 Å². The van der Waals surface area contributed by atoms with E-state index in [1.165, 1.54) is 12.1 Å². The van der Waals surface area contributed by atoms with E-state index in [0.717, 1.165) is 11.3 Å². The van der Waals surface area contributed by atoms with Crippen LogP contribution in [0, 0.1) is 5.82 Å². The molecule has 0 spiro atoms. The van der Waals surface area contributed by atoms with Crippen molar-refractivity contribution in [1.82, 2.24) is 9.38 Å². The molecular formula is C14H9FN2O2. The number of rotatable bonds is 2. The fourth-order valence-corrected chi connectivity index (χ4v) is 2.03. The maximum absolute atomic E-state index is 13.7. The lowest BCUT2D eigenvalue weighted by Crippen LogP contribution is -2.01. The molecule has 0 aliphatic carbocycles. The van der Waals surface area contributed by atoms with Crippen molar-refractivity contribution in [1.29, 1.82) is 0 Å². The number of imidazole rings is 1. The normalized spacial score (nSPS) is 10.8. The number of benzene rings is 1. The van der Waals surface area contributed by atoms with Gasteiger partial charge in [0.15, 0.2) is 0 Å². The zero-order valence-corrected chi connectivity index (χ0v) is 9.75. The average molecular weight is 256 g/mol. The van der Waals surface area contributed by atoms with E-state index >= 15 is 0 Å². The van der Waals surface area contributed by atoms with Crippen LogP contribution in [0.1, 0.15) is 10.4 Å². The van der Waals surface area contributed by atoms with Gasteiger partial charge in [-0.1, -0.05) is 12.1 Å². The Morgan fingerprint density at radius 1 is 1.26 bits per heavy atom. The Kier molecular flexibility index (Phi) is 2.52. The Bertz CT molecular complexity index is 780. The highest BCUT2D eigenvalue weighted by molar-refractivity contribution is 5.88. The number of pyridine rings is 1. The molecule has 2 aromatic heterocycles. The van der Waals surface area contributed by atoms with Crippen LogP contribution in [0.25, 0.3) is 16.9 Å². The molecule has 0 aliphatic heterocycles. The van der Waals surface area contributed by atoms with Gasteiger partial charge in [-0.25, -0.2) is 14.2 Å². The van der Waals surface area contributed by atoms with E-state index in [1.807, 2.05) is 22.6 Å². The van der Waals surface area contributed by atoms with Crippen LogP contribution in [0.3, 0.4) is 0 Å². The van der Waals surface area contributed by atoms with Crippen molar-refractivity contribution in [3.8, 4) is 11.3 Å². The zero-order chi connectivity index (χ0) is 13.4. The number of carboxylic acid groups (broad SMARTS) is 1. The number of halogens is 1. The SMILES string of the molecule is O=C(O)c1ccc(-c2cccc3nccn23)cc1F. The first-order chi connectivity index (χ1) is 9.16. The summed E-state index contributed by atoms with van der Waals surface area (Å²) in [4.78, 5) is 14.9. The Hall–Kier alpha value is -2.69. The lowest BCUT2D eigenvalue weighted by atomic mass is 10.1. The molecular weight excluding hydrogens is 247 g/mol. The quantitative estimate of drug-likeness (QED) is 0.767. The largest absolute Gasteiger partial charge is 0.478 e. The second-order valence-corrected chi connectivity index (χ2v) is 4.07. The first-order valence-electron chi connectivity index (χ1n) is 5.62. The molecule has 94 valence electrons. The maximum atomic E-state index is 13.7. The molecule has 0 saturated heterocycles. The minimum atomic E-state index is -1.27. The Morgan fingerprint density at radius 2 is 2.11 bits per heavy atom. The van der Waals surface area contributed by atoms with Crippen molar-refractivity contribution in [3.63, 3.8) is 0 Å². The predicted octanol–water partition coefficient (Wildman–Crippen LogP) is 2.84. The van der Waals surface area contributed by atoms with Gasteiger partial charge < -0.3 is 5.11 Å². The summed E-state index contributed by atoms with van der Waals surface area (Å²) in [5.41, 5.74) is 1.78. The standard InChI is InChI=1S/C14H9FN2O2/c15-11-8-9(4-5-10(11)14(18)19)12-2-1-3-13-16-6-7-17(12)13/h1-8H,(H,18,19). The van der Waals surface area contributed by atoms with Crippen molar-refractivity contribution >= 4 is 11.6 Å². The molecule has 0 saturated carbocycles. The number of aromatic nitrogens is 2. The number of nitrogens with zero attached hydrogens (tertiary/aromatic N) is 2. The van der Waals surface area contributed by atoms with Gasteiger partial charge in [-0.05, 0) is 24.3 Å². The summed E-state index contributed by atoms with van der Waals surface area (Å²) in [6.07, 6.45) is 3.43. The highest BCUT2D eigenvalue weighted by Gasteiger charge is 2.12. The molecule has 0 amide bonds. The summed E-state index contributed by atoms with van der Waals surface area (Å²) in [7, 11) is 0. The third kappa shape index (κ3) is 1.85. The highest BCUT2D eigenvalue weighted by atomic mass is 19.1. The third-order valence-corrected chi connectivity index (χ3v) is 2.92. The number of carbonyl (C=O) groups is 1. The van der Waals surface area contributed by atoms with Crippen LogP contribution in [0.5, 0.6) is 0 Å². The highest BCUT2D eigenvalue weighted by Crippen LogP contribution is 2.23. The van der Waals surface area contributed by atoms with Crippen molar-refractivity contribution < 1.29 is 14.3 Å². The minimum Gasteiger partial charge on any atom is -0.478 e. The van der Waals surface area contributed by atoms with Gasteiger partial charge in [0.25, 0.3) is 0 Å². The zero-order valence-electron chi connectivity index (χ0n) is 9.75. The van der Waals surface area contributed by atoms with Crippen molar-refractivity contribution in [2.75, 3.05) is 0 Å². The average Bonchev–Trinajstić information content (AvgIpc) is 2.86. The molecule has 2 heterocycles. The molecule has 5 heteroatoms. The number of hydrogen-bond acceptors (Lipinski definition) is 2. The molecule has 0 aliphatic rings. The van der Waals surface area contributed by atoms with Gasteiger partial charge in [0, 0.05) is 18.0 Å². The van der Waals surface area contributed by atoms with Crippen LogP contribution in [0.4, 0.5) is 4.39 Å². The second kappa shape index (κ2) is 4.20. The molecule has 0 atom stereocenters. The molecule has 0 radical (unpaired) electrons. The van der Waals surface area contributed by atoms with Gasteiger partial charge in [-0.2, -0.15) is 0 Å². The monoisotopic (exact) mass is 256 g/mol. The summed E-state index contributed by atoms with van der Waals surface area (Å²) >= 11 is 0. The van der Waals surface area contributed by atoms with Gasteiger partial charge in [0.05, 0.1) is 11.3 Å². The lowest BCUT2D eigenvalue weighted by Gasteiger charge is -2.06. The van der Waals surface area contributed by atoms with Crippen LogP contribution < -0.4 is 0 Å². The van der Waals surface area contributed by atoms with E-state index < -0.39 is 11.8 Å². The fraction of sp³-hybridized carbons (Fsp3) is 0. The number of aromatic carboxylic acids is 1. The molecule has 1 aromatic carbocycles. The molecule has 0 bridgehead atoms. The van der Waals surface area contributed by atoms with Gasteiger partial charge in [-0.3, -0.25) is 4.40 Å². The minimum absolute atomic E-state index is 0.332. The Labute approximate surface area is 107 Å². The fourth-order valence-electron chi connectivity index (χ4n) is 2.03. The summed E-state index contributed by atoms with van der Waals surface area (Å²) in [6.45, 7) is 0. The molecule has 3 rings (SSSR count). The third-order valence-electron chi connectivity index (χ3n) is 2.92. The first-order valence-corrected chi connectivity index (χ1v) is 5.62. The van der Waals surface area contributed by atoms with Crippen LogP contribution in [-0.2, 0) is 0 Å². The van der Waals surface area contributed by atoms with E-state index in [1.54, 1.807) is 18.5 Å². The molecule has 0 fully saturated rings. The predicted molar refractivity (Wildman–Crippen MR) is 67.5 cm³/mol. The molecule has 19 heavy (non-hydrogen) atoms. The van der Waals surface area contributed by atoms with Crippen molar-refractivity contribution in [2.24, 2.45) is 0 Å². The maximum Gasteiger partial charge on any atom is 0.338 e. The van der Waals surface area contributed by atoms with Gasteiger partial charge in [-0.15, -0.1) is 0 Å². The number of hydrogen-bond donors (Lipinski definition) is 1. The number of carboxylic acids is 1. The topological polar surface area (TPSA) is 54.6 Å². The molecule has 3 aromatic rings. The van der Waals surface area contributed by atoms with E-state index in [2.05, 4.69) is 4.98 Å². The van der Waals surface area contributed by atoms with E-state index in [0.29, 0.717) is 5.56 Å². The van der Waals surface area contributed by atoms with E-state index in [4.69, 9.17) is 5.11 Å². The molecule has 0 unspecified atom stereocenters. The van der Waals surface area contributed by atoms with Crippen LogP contribution >= 0.6 is 0 Å². The Balaban J connectivity index is 2.19. The van der Waals surface area contributed by atoms with Crippen molar-refractivity contribution in [2.45, 2.75) is 0 Å². The summed E-state index contributed by atoms with van der Waals surface area (Å²) in [6, 6.07) is 9.55. The molecule has 4 nitrogen and oxygen atoms in total. The van der Waals surface area contributed by atoms with Crippen molar-refractivity contribution in [3.05, 3.63) is 60.2 Å². The first kappa shape index (κ1) is 11.4. The second-order valence-electron chi connectivity index (χ2n) is 4.07. The summed E-state index contributed by atoms with van der Waals surface area (Å²) in [5.74, 6) is -2.02. The number of fused-ring (bicyclic) bond motifs is 1. The van der Waals surface area contributed by atoms with Gasteiger partial charge >= 0.3 is 5.97 Å². The Morgan fingerprint density at radius 3 is 2.84 bits per heavy atom. The molecule has 1 N–H and O–H groups in total. The summed E-state index contributed by atoms with van der Waals surface area (Å²) < 4.78 is 15.5. The van der Waals surface area contributed by atoms with E-state index in [9.17, 15) is 9.18 Å². The van der Waals surface area contributed by atoms with E-state index in [-0.39, 0.29) is 5.56 Å². The smallest absolute Gasteiger partial charge is 0.338 e.